The molecule has 0 bridgehead atoms. The summed E-state index contributed by atoms with van der Waals surface area (Å²) in [6.45, 7) is 1.59. The van der Waals surface area contributed by atoms with Crippen molar-refractivity contribution in [1.29, 1.82) is 0 Å². The number of benzene rings is 1. The van der Waals surface area contributed by atoms with E-state index in [-0.39, 0.29) is 12.5 Å². The molecule has 1 aliphatic heterocycles. The van der Waals surface area contributed by atoms with Crippen molar-refractivity contribution >= 4 is 5.91 Å². The second kappa shape index (κ2) is 5.51. The third-order valence-electron chi connectivity index (χ3n) is 2.84. The Morgan fingerprint density at radius 1 is 1.24 bits per heavy atom. The van der Waals surface area contributed by atoms with Crippen molar-refractivity contribution in [2.45, 2.75) is 12.8 Å². The molecule has 1 aromatic carbocycles. The van der Waals surface area contributed by atoms with Gasteiger partial charge in [0.2, 0.25) is 0 Å². The number of aliphatic hydroxyl groups excluding tert-OH is 1. The van der Waals surface area contributed by atoms with Crippen LogP contribution in [-0.4, -0.2) is 35.6 Å². The standard InChI is InChI=1S/C14H15NO2/c16-11-3-4-12-5-7-13(8-6-12)14(17)15-9-1-2-10-15/h5-8,16H,1-2,9-11H2. The van der Waals surface area contributed by atoms with Crippen molar-refractivity contribution in [2.24, 2.45) is 0 Å². The number of carbonyl (C=O) groups excluding carboxylic acids is 1. The summed E-state index contributed by atoms with van der Waals surface area (Å²) in [6, 6.07) is 7.21. The monoisotopic (exact) mass is 229 g/mol. The fraction of sp³-hybridized carbons (Fsp3) is 0.357. The summed E-state index contributed by atoms with van der Waals surface area (Å²) >= 11 is 0. The van der Waals surface area contributed by atoms with Gasteiger partial charge in [-0.25, -0.2) is 0 Å². The number of hydrogen-bond donors (Lipinski definition) is 1. The van der Waals surface area contributed by atoms with E-state index in [1.807, 2.05) is 17.0 Å². The van der Waals surface area contributed by atoms with Crippen molar-refractivity contribution in [3.05, 3.63) is 35.4 Å². The molecular weight excluding hydrogens is 214 g/mol. The first-order chi connectivity index (χ1) is 8.31. The molecule has 1 heterocycles. The van der Waals surface area contributed by atoms with Gasteiger partial charge in [0.15, 0.2) is 0 Å². The van der Waals surface area contributed by atoms with E-state index in [4.69, 9.17) is 5.11 Å². The average Bonchev–Trinajstić information content (AvgIpc) is 2.90. The molecule has 17 heavy (non-hydrogen) atoms. The van der Waals surface area contributed by atoms with Crippen molar-refractivity contribution in [2.75, 3.05) is 19.7 Å². The van der Waals surface area contributed by atoms with Crippen LogP contribution in [0.25, 0.3) is 0 Å². The number of aliphatic hydroxyl groups is 1. The molecular formula is C14H15NO2. The molecule has 1 fully saturated rings. The van der Waals surface area contributed by atoms with Crippen molar-refractivity contribution in [1.82, 2.24) is 4.90 Å². The van der Waals surface area contributed by atoms with E-state index < -0.39 is 0 Å². The lowest BCUT2D eigenvalue weighted by Crippen LogP contribution is -2.27. The normalized spacial score (nSPS) is 14.3. The highest BCUT2D eigenvalue weighted by atomic mass is 16.2. The quantitative estimate of drug-likeness (QED) is 0.737. The molecule has 1 amide bonds. The molecule has 0 unspecified atom stereocenters. The van der Waals surface area contributed by atoms with Gasteiger partial charge >= 0.3 is 0 Å². The van der Waals surface area contributed by atoms with Crippen LogP contribution in [0.4, 0.5) is 0 Å². The van der Waals surface area contributed by atoms with E-state index in [0.717, 1.165) is 31.5 Å². The lowest BCUT2D eigenvalue weighted by molar-refractivity contribution is 0.0793. The Hall–Kier alpha value is -1.79. The molecule has 0 spiro atoms. The highest BCUT2D eigenvalue weighted by Crippen LogP contribution is 2.13. The SMILES string of the molecule is O=C(c1ccc(C#CCO)cc1)N1CCCC1. The minimum atomic E-state index is -0.144. The molecule has 0 saturated carbocycles. The van der Waals surface area contributed by atoms with Gasteiger partial charge in [0.05, 0.1) is 0 Å². The van der Waals surface area contributed by atoms with Crippen LogP contribution in [0, 0.1) is 11.8 Å². The van der Waals surface area contributed by atoms with Gasteiger partial charge in [-0.1, -0.05) is 11.8 Å². The molecule has 3 nitrogen and oxygen atoms in total. The maximum atomic E-state index is 12.0. The number of nitrogens with zero attached hydrogens (tertiary/aromatic N) is 1. The van der Waals surface area contributed by atoms with Crippen molar-refractivity contribution in [3.63, 3.8) is 0 Å². The minimum Gasteiger partial charge on any atom is -0.384 e. The Kier molecular flexibility index (Phi) is 3.79. The van der Waals surface area contributed by atoms with E-state index in [2.05, 4.69) is 11.8 Å². The first kappa shape index (κ1) is 11.7. The Labute approximate surface area is 101 Å². The van der Waals surface area contributed by atoms with E-state index in [0.29, 0.717) is 5.56 Å². The molecule has 1 aliphatic rings. The maximum Gasteiger partial charge on any atom is 0.253 e. The lowest BCUT2D eigenvalue weighted by Gasteiger charge is -2.14. The molecule has 0 aliphatic carbocycles. The molecule has 0 radical (unpaired) electrons. The van der Waals surface area contributed by atoms with Crippen LogP contribution in [0.3, 0.4) is 0 Å². The van der Waals surface area contributed by atoms with E-state index in [9.17, 15) is 4.79 Å². The summed E-state index contributed by atoms with van der Waals surface area (Å²) in [5, 5.41) is 8.58. The third kappa shape index (κ3) is 2.86. The van der Waals surface area contributed by atoms with Gasteiger partial charge in [0, 0.05) is 24.2 Å². The van der Waals surface area contributed by atoms with E-state index in [1.165, 1.54) is 0 Å². The predicted octanol–water partition coefficient (Wildman–Crippen LogP) is 1.27. The highest BCUT2D eigenvalue weighted by Gasteiger charge is 2.18. The number of rotatable bonds is 1. The third-order valence-corrected chi connectivity index (χ3v) is 2.84. The molecule has 2 rings (SSSR count). The zero-order valence-corrected chi connectivity index (χ0v) is 9.65. The van der Waals surface area contributed by atoms with Crippen LogP contribution in [-0.2, 0) is 0 Å². The number of likely N-dealkylation sites (tertiary alicyclic amines) is 1. The lowest BCUT2D eigenvalue weighted by atomic mass is 10.1. The van der Waals surface area contributed by atoms with Gasteiger partial charge in [-0.15, -0.1) is 0 Å². The highest BCUT2D eigenvalue weighted by molar-refractivity contribution is 5.94. The van der Waals surface area contributed by atoms with Gasteiger partial charge in [-0.2, -0.15) is 0 Å². The summed E-state index contributed by atoms with van der Waals surface area (Å²) < 4.78 is 0. The molecule has 1 N–H and O–H groups in total. The van der Waals surface area contributed by atoms with Gasteiger partial charge in [-0.3, -0.25) is 4.79 Å². The summed E-state index contributed by atoms with van der Waals surface area (Å²) in [5.41, 5.74) is 1.53. The summed E-state index contributed by atoms with van der Waals surface area (Å²) in [4.78, 5) is 13.9. The predicted molar refractivity (Wildman–Crippen MR) is 65.5 cm³/mol. The molecule has 1 saturated heterocycles. The fourth-order valence-electron chi connectivity index (χ4n) is 1.94. The van der Waals surface area contributed by atoms with Crippen LogP contribution < -0.4 is 0 Å². The van der Waals surface area contributed by atoms with Crippen LogP contribution >= 0.6 is 0 Å². The Morgan fingerprint density at radius 3 is 2.47 bits per heavy atom. The Bertz CT molecular complexity index is 447. The Balaban J connectivity index is 2.09. The first-order valence-corrected chi connectivity index (χ1v) is 5.80. The summed E-state index contributed by atoms with van der Waals surface area (Å²) in [5.74, 6) is 5.48. The zero-order valence-electron chi connectivity index (χ0n) is 9.65. The Morgan fingerprint density at radius 2 is 1.88 bits per heavy atom. The minimum absolute atomic E-state index is 0.101. The largest absolute Gasteiger partial charge is 0.384 e. The van der Waals surface area contributed by atoms with Gasteiger partial charge in [-0.05, 0) is 37.1 Å². The zero-order chi connectivity index (χ0) is 12.1. The molecule has 3 heteroatoms. The summed E-state index contributed by atoms with van der Waals surface area (Å²) in [7, 11) is 0. The number of hydrogen-bond acceptors (Lipinski definition) is 2. The maximum absolute atomic E-state index is 12.0. The van der Waals surface area contributed by atoms with Crippen LogP contribution in [0.15, 0.2) is 24.3 Å². The average molecular weight is 229 g/mol. The van der Waals surface area contributed by atoms with E-state index in [1.54, 1.807) is 12.1 Å². The first-order valence-electron chi connectivity index (χ1n) is 5.80. The van der Waals surface area contributed by atoms with Gasteiger partial charge in [0.1, 0.15) is 6.61 Å². The summed E-state index contributed by atoms with van der Waals surface area (Å²) in [6.07, 6.45) is 2.21. The van der Waals surface area contributed by atoms with Crippen LogP contribution in [0.2, 0.25) is 0 Å². The van der Waals surface area contributed by atoms with E-state index >= 15 is 0 Å². The number of amides is 1. The molecule has 1 aromatic rings. The van der Waals surface area contributed by atoms with Gasteiger partial charge in [0.25, 0.3) is 5.91 Å². The second-order valence-corrected chi connectivity index (χ2v) is 4.04. The van der Waals surface area contributed by atoms with Crippen molar-refractivity contribution < 1.29 is 9.90 Å². The smallest absolute Gasteiger partial charge is 0.253 e. The molecule has 88 valence electrons. The fourth-order valence-corrected chi connectivity index (χ4v) is 1.94. The topological polar surface area (TPSA) is 40.5 Å². The van der Waals surface area contributed by atoms with Gasteiger partial charge < -0.3 is 10.0 Å². The second-order valence-electron chi connectivity index (χ2n) is 4.04. The molecule has 0 aromatic heterocycles. The van der Waals surface area contributed by atoms with Crippen molar-refractivity contribution in [3.8, 4) is 11.8 Å². The van der Waals surface area contributed by atoms with Crippen LogP contribution in [0.5, 0.6) is 0 Å². The number of carbonyl (C=O) groups is 1. The molecule has 0 atom stereocenters. The van der Waals surface area contributed by atoms with Crippen LogP contribution in [0.1, 0.15) is 28.8 Å².